The third-order valence-corrected chi connectivity index (χ3v) is 1.30. The van der Waals surface area contributed by atoms with Gasteiger partial charge in [-0.3, -0.25) is 0 Å². The average molecular weight is 150 g/mol. The Labute approximate surface area is 66.8 Å². The van der Waals surface area contributed by atoms with Crippen LogP contribution in [-0.4, -0.2) is 14.2 Å². The van der Waals surface area contributed by atoms with Crippen LogP contribution < -0.4 is 4.74 Å². The van der Waals surface area contributed by atoms with E-state index in [2.05, 4.69) is 12.1 Å². The molecule has 0 aromatic heterocycles. The van der Waals surface area contributed by atoms with E-state index in [1.807, 2.05) is 12.1 Å². The summed E-state index contributed by atoms with van der Waals surface area (Å²) < 4.78 is 9.83. The van der Waals surface area contributed by atoms with Crippen molar-refractivity contribution >= 4 is 0 Å². The Kier molecular flexibility index (Phi) is 2.76. The van der Waals surface area contributed by atoms with E-state index in [9.17, 15) is 0 Å². The molecule has 0 saturated carbocycles. The van der Waals surface area contributed by atoms with Crippen LogP contribution in [0.1, 0.15) is 5.56 Å². The molecular formula is C9H10O2. The molecule has 0 aliphatic carbocycles. The summed E-state index contributed by atoms with van der Waals surface area (Å²) >= 11 is 0. The van der Waals surface area contributed by atoms with Crippen molar-refractivity contribution in [2.75, 3.05) is 14.2 Å². The average Bonchev–Trinajstić information content (AvgIpc) is 2.07. The van der Waals surface area contributed by atoms with Crippen LogP contribution in [0.25, 0.3) is 0 Å². The molecule has 0 atom stereocenters. The van der Waals surface area contributed by atoms with Crippen LogP contribution in [0.3, 0.4) is 0 Å². The molecule has 0 radical (unpaired) electrons. The summed E-state index contributed by atoms with van der Waals surface area (Å²) in [7, 11) is 3.26. The van der Waals surface area contributed by atoms with E-state index in [1.54, 1.807) is 14.2 Å². The fourth-order valence-corrected chi connectivity index (χ4v) is 0.760. The Morgan fingerprint density at radius 1 is 1.27 bits per heavy atom. The van der Waals surface area contributed by atoms with Crippen molar-refractivity contribution in [3.8, 4) is 5.75 Å². The fourth-order valence-electron chi connectivity index (χ4n) is 0.760. The summed E-state index contributed by atoms with van der Waals surface area (Å²) in [6.45, 7) is 0.570. The van der Waals surface area contributed by atoms with Gasteiger partial charge in [0.05, 0.1) is 13.7 Å². The van der Waals surface area contributed by atoms with E-state index >= 15 is 0 Å². The standard InChI is InChI=1S/C9H10O2/c1-10-7-8-3-5-9(11-2)6-4-8/h3,5H,7H2,1-2H3. The molecule has 0 unspecified atom stereocenters. The molecular weight excluding hydrogens is 140 g/mol. The summed E-state index contributed by atoms with van der Waals surface area (Å²) in [5, 5.41) is 0. The van der Waals surface area contributed by atoms with Crippen molar-refractivity contribution in [3.63, 3.8) is 0 Å². The maximum atomic E-state index is 4.92. The van der Waals surface area contributed by atoms with Gasteiger partial charge in [0.1, 0.15) is 0 Å². The van der Waals surface area contributed by atoms with Gasteiger partial charge in [-0.05, 0) is 18.2 Å². The number of hydrogen-bond donors (Lipinski definition) is 0. The van der Waals surface area contributed by atoms with E-state index in [-0.39, 0.29) is 0 Å². The van der Waals surface area contributed by atoms with Crippen molar-refractivity contribution in [1.29, 1.82) is 0 Å². The van der Waals surface area contributed by atoms with E-state index in [4.69, 9.17) is 9.47 Å². The van der Waals surface area contributed by atoms with Crippen LogP contribution in [0.4, 0.5) is 0 Å². The first kappa shape index (κ1) is 7.90. The summed E-state index contributed by atoms with van der Waals surface area (Å²) in [6, 6.07) is 9.50. The third kappa shape index (κ3) is 2.14. The van der Waals surface area contributed by atoms with Gasteiger partial charge in [-0.25, -0.2) is 0 Å². The summed E-state index contributed by atoms with van der Waals surface area (Å²) in [5.74, 6) is 0.699. The Morgan fingerprint density at radius 2 is 2.09 bits per heavy atom. The van der Waals surface area contributed by atoms with Crippen LogP contribution in [-0.2, 0) is 11.3 Å². The van der Waals surface area contributed by atoms with Crippen molar-refractivity contribution in [1.82, 2.24) is 0 Å². The Bertz CT molecular complexity index is 203. The van der Waals surface area contributed by atoms with E-state index < -0.39 is 0 Å². The molecule has 0 aliphatic rings. The van der Waals surface area contributed by atoms with Crippen molar-refractivity contribution < 1.29 is 9.47 Å². The second kappa shape index (κ2) is 3.85. The van der Waals surface area contributed by atoms with Gasteiger partial charge in [0.25, 0.3) is 0 Å². The monoisotopic (exact) mass is 150 g/mol. The minimum atomic E-state index is 0.570. The van der Waals surface area contributed by atoms with Crippen LogP contribution in [0, 0.1) is 12.1 Å². The zero-order valence-corrected chi connectivity index (χ0v) is 6.68. The Balaban J connectivity index is 2.66. The molecule has 0 bridgehead atoms. The Morgan fingerprint density at radius 3 is 2.55 bits per heavy atom. The van der Waals surface area contributed by atoms with Gasteiger partial charge in [0.2, 0.25) is 0 Å². The molecule has 0 fully saturated rings. The van der Waals surface area contributed by atoms with Crippen LogP contribution in [0.5, 0.6) is 5.75 Å². The smallest absolute Gasteiger partial charge is 0.169 e. The number of ether oxygens (including phenoxy) is 2. The summed E-state index contributed by atoms with van der Waals surface area (Å²) in [4.78, 5) is 0. The normalized spacial score (nSPS) is 8.91. The third-order valence-electron chi connectivity index (χ3n) is 1.30. The minimum absolute atomic E-state index is 0.570. The van der Waals surface area contributed by atoms with Gasteiger partial charge in [-0.15, -0.1) is 0 Å². The van der Waals surface area contributed by atoms with Crippen molar-refractivity contribution in [2.45, 2.75) is 6.61 Å². The SMILES string of the molecule is COCc1c#cc(OC)cc1. The highest BCUT2D eigenvalue weighted by Crippen LogP contribution is 2.05. The molecule has 0 aliphatic heterocycles. The highest BCUT2D eigenvalue weighted by molar-refractivity contribution is 5.19. The molecule has 0 saturated heterocycles. The lowest BCUT2D eigenvalue weighted by atomic mass is 10.3. The first-order valence-electron chi connectivity index (χ1n) is 3.32. The molecule has 1 aromatic rings. The van der Waals surface area contributed by atoms with Crippen molar-refractivity contribution in [2.24, 2.45) is 0 Å². The van der Waals surface area contributed by atoms with E-state index in [0.717, 1.165) is 5.56 Å². The highest BCUT2D eigenvalue weighted by Gasteiger charge is 1.89. The lowest BCUT2D eigenvalue weighted by Gasteiger charge is -1.96. The Hall–Kier alpha value is -1.20. The molecule has 58 valence electrons. The zero-order valence-electron chi connectivity index (χ0n) is 6.68. The quantitative estimate of drug-likeness (QED) is 0.649. The lowest BCUT2D eigenvalue weighted by Crippen LogP contribution is -1.86. The maximum absolute atomic E-state index is 4.92. The van der Waals surface area contributed by atoms with Crippen LogP contribution in [0.2, 0.25) is 0 Å². The highest BCUT2D eigenvalue weighted by atomic mass is 16.5. The van der Waals surface area contributed by atoms with Crippen LogP contribution in [0.15, 0.2) is 12.1 Å². The number of hydrogen-bond acceptors (Lipinski definition) is 2. The molecule has 2 heteroatoms. The number of methoxy groups -OCH3 is 2. The van der Waals surface area contributed by atoms with Gasteiger partial charge in [-0.2, -0.15) is 0 Å². The summed E-state index contributed by atoms with van der Waals surface area (Å²) in [5.41, 5.74) is 0.980. The molecule has 11 heavy (non-hydrogen) atoms. The number of rotatable bonds is 3. The minimum Gasteiger partial charge on any atom is -0.489 e. The van der Waals surface area contributed by atoms with Gasteiger partial charge >= 0.3 is 0 Å². The lowest BCUT2D eigenvalue weighted by molar-refractivity contribution is 0.185. The van der Waals surface area contributed by atoms with Crippen LogP contribution >= 0.6 is 0 Å². The maximum Gasteiger partial charge on any atom is 0.169 e. The summed E-state index contributed by atoms with van der Waals surface area (Å²) in [6.07, 6.45) is 0. The molecule has 0 spiro atoms. The molecule has 1 rings (SSSR count). The molecule has 0 heterocycles. The predicted octanol–water partition coefficient (Wildman–Crippen LogP) is 1.44. The zero-order chi connectivity index (χ0) is 8.10. The second-order valence-electron chi connectivity index (χ2n) is 2.11. The first-order chi connectivity index (χ1) is 5.36. The molecule has 2 nitrogen and oxygen atoms in total. The predicted molar refractivity (Wildman–Crippen MR) is 41.4 cm³/mol. The van der Waals surface area contributed by atoms with Gasteiger partial charge in [0, 0.05) is 12.7 Å². The van der Waals surface area contributed by atoms with E-state index in [0.29, 0.717) is 12.4 Å². The molecule has 1 aromatic carbocycles. The molecule has 0 N–H and O–H groups in total. The van der Waals surface area contributed by atoms with Gasteiger partial charge < -0.3 is 9.47 Å². The first-order valence-corrected chi connectivity index (χ1v) is 3.32. The van der Waals surface area contributed by atoms with Gasteiger partial charge in [-0.1, -0.05) is 6.07 Å². The fraction of sp³-hybridized carbons (Fsp3) is 0.333. The second-order valence-corrected chi connectivity index (χ2v) is 2.11. The largest absolute Gasteiger partial charge is 0.489 e. The molecule has 0 amide bonds. The van der Waals surface area contributed by atoms with Crippen molar-refractivity contribution in [3.05, 3.63) is 29.8 Å². The topological polar surface area (TPSA) is 18.5 Å². The van der Waals surface area contributed by atoms with Gasteiger partial charge in [0.15, 0.2) is 5.75 Å². The van der Waals surface area contributed by atoms with E-state index in [1.165, 1.54) is 0 Å².